The summed E-state index contributed by atoms with van der Waals surface area (Å²) >= 11 is 0. The molecule has 30 heavy (non-hydrogen) atoms. The summed E-state index contributed by atoms with van der Waals surface area (Å²) in [5.41, 5.74) is 6.98. The van der Waals surface area contributed by atoms with Crippen LogP contribution in [0.4, 0.5) is 17.5 Å². The zero-order valence-corrected chi connectivity index (χ0v) is 16.0. The van der Waals surface area contributed by atoms with Crippen LogP contribution >= 0.6 is 0 Å². The van der Waals surface area contributed by atoms with E-state index in [0.717, 1.165) is 0 Å². The number of nitrogens with two attached hydrogens (primary N) is 1. The third-order valence-electron chi connectivity index (χ3n) is 3.97. The van der Waals surface area contributed by atoms with Crippen molar-refractivity contribution in [2.24, 2.45) is 0 Å². The summed E-state index contributed by atoms with van der Waals surface area (Å²) in [5.74, 6) is -2.36. The number of benzene rings is 1. The molecule has 0 unspecified atom stereocenters. The Bertz CT molecular complexity index is 1190. The van der Waals surface area contributed by atoms with E-state index in [-0.39, 0.29) is 10.8 Å². The molecule has 1 aromatic carbocycles. The Labute approximate surface area is 169 Å². The number of hydrogen-bond donors (Lipinski definition) is 6. The first-order valence-electron chi connectivity index (χ1n) is 8.46. The molecule has 1 atom stereocenters. The van der Waals surface area contributed by atoms with E-state index >= 15 is 0 Å². The van der Waals surface area contributed by atoms with E-state index in [1.54, 1.807) is 0 Å². The van der Waals surface area contributed by atoms with Crippen LogP contribution in [0.15, 0.2) is 35.5 Å². The third kappa shape index (κ3) is 4.79. The predicted molar refractivity (Wildman–Crippen MR) is 104 cm³/mol. The van der Waals surface area contributed by atoms with Crippen LogP contribution in [-0.4, -0.2) is 56.5 Å². The van der Waals surface area contributed by atoms with E-state index in [2.05, 4.69) is 25.3 Å². The summed E-state index contributed by atoms with van der Waals surface area (Å²) in [6, 6.07) is 3.84. The molecular weight excluding hydrogens is 418 g/mol. The third-order valence-corrected chi connectivity index (χ3v) is 5.46. The summed E-state index contributed by atoms with van der Waals surface area (Å²) < 4.78 is 26.9. The maximum absolute atomic E-state index is 12.5. The van der Waals surface area contributed by atoms with Crippen molar-refractivity contribution in [1.82, 2.24) is 24.7 Å². The lowest BCUT2D eigenvalue weighted by Crippen LogP contribution is -2.41. The van der Waals surface area contributed by atoms with Crippen molar-refractivity contribution in [3.63, 3.8) is 0 Å². The molecule has 0 saturated carbocycles. The largest absolute Gasteiger partial charge is 0.481 e. The number of imidazole rings is 1. The first kappa shape index (κ1) is 20.9. The summed E-state index contributed by atoms with van der Waals surface area (Å²) in [7, 11) is -4.19. The molecule has 0 aliphatic rings. The Morgan fingerprint density at radius 1 is 1.17 bits per heavy atom. The number of sulfonamides is 1. The van der Waals surface area contributed by atoms with E-state index in [1.165, 1.54) is 30.6 Å². The average molecular weight is 435 g/mol. The number of nitrogens with one attached hydrogen (secondary N) is 3. The molecule has 3 rings (SSSR count). The number of H-pyrrole nitrogens is 1. The van der Waals surface area contributed by atoms with Crippen LogP contribution in [0.25, 0.3) is 11.2 Å². The highest BCUT2D eigenvalue weighted by Crippen LogP contribution is 2.23. The van der Waals surface area contributed by atoms with E-state index in [0.29, 0.717) is 22.7 Å². The Balaban J connectivity index is 1.77. The number of carbonyl (C=O) groups is 2. The molecule has 158 valence electrons. The van der Waals surface area contributed by atoms with Crippen molar-refractivity contribution < 1.29 is 28.2 Å². The van der Waals surface area contributed by atoms with Crippen molar-refractivity contribution >= 4 is 50.6 Å². The van der Waals surface area contributed by atoms with E-state index in [4.69, 9.17) is 15.9 Å². The van der Waals surface area contributed by atoms with Crippen LogP contribution < -0.4 is 15.8 Å². The van der Waals surface area contributed by atoms with Gasteiger partial charge < -0.3 is 26.2 Å². The van der Waals surface area contributed by atoms with Gasteiger partial charge in [-0.1, -0.05) is 0 Å². The number of nitrogen functional groups attached to an aromatic ring is 1. The predicted octanol–water partition coefficient (Wildman–Crippen LogP) is 0.275. The Hall–Kier alpha value is -3.78. The molecule has 0 radical (unpaired) electrons. The summed E-state index contributed by atoms with van der Waals surface area (Å²) in [6.45, 7) is 0. The fourth-order valence-electron chi connectivity index (χ4n) is 2.55. The van der Waals surface area contributed by atoms with Gasteiger partial charge in [0.15, 0.2) is 11.5 Å². The van der Waals surface area contributed by atoms with Gasteiger partial charge in [0.25, 0.3) is 0 Å². The molecule has 0 spiro atoms. The maximum atomic E-state index is 12.5. The lowest BCUT2D eigenvalue weighted by atomic mass is 10.2. The minimum Gasteiger partial charge on any atom is -0.481 e. The summed E-state index contributed by atoms with van der Waals surface area (Å²) in [5, 5.41) is 20.8. The zero-order valence-electron chi connectivity index (χ0n) is 15.2. The monoisotopic (exact) mass is 435 g/mol. The molecule has 0 aliphatic heterocycles. The molecule has 14 heteroatoms. The lowest BCUT2D eigenvalue weighted by Gasteiger charge is -2.14. The second-order valence-electron chi connectivity index (χ2n) is 6.13. The number of nitrogens with zero attached hydrogens (tertiary/aromatic N) is 3. The fourth-order valence-corrected chi connectivity index (χ4v) is 3.77. The van der Waals surface area contributed by atoms with Crippen LogP contribution in [0, 0.1) is 0 Å². The average Bonchev–Trinajstić information content (AvgIpc) is 3.13. The van der Waals surface area contributed by atoms with Gasteiger partial charge in [0, 0.05) is 12.1 Å². The second kappa shape index (κ2) is 8.30. The topological polar surface area (TPSA) is 213 Å². The number of hydrogen-bond acceptors (Lipinski definition) is 9. The lowest BCUT2D eigenvalue weighted by molar-refractivity contribution is -0.140. The first-order valence-corrected chi connectivity index (χ1v) is 9.94. The molecule has 7 N–H and O–H groups in total. The minimum atomic E-state index is -4.19. The van der Waals surface area contributed by atoms with Crippen LogP contribution in [0.2, 0.25) is 0 Å². The van der Waals surface area contributed by atoms with Gasteiger partial charge in [-0.15, -0.1) is 0 Å². The van der Waals surface area contributed by atoms with Gasteiger partial charge in [0.05, 0.1) is 11.2 Å². The standard InChI is InChI=1S/C16H17N7O6S/c17-16-21-13-12(18-7-19-13)14(22-16)20-8-1-3-9(4-2-8)30(28,29)23-10(15(26)27)5-6-11(24)25/h1-4,7,10,23H,5-6H2,(H,24,25)(H,26,27)(H4,17,18,19,20,21,22)/t10-/m0/s1. The van der Waals surface area contributed by atoms with E-state index in [1.807, 2.05) is 4.72 Å². The first-order chi connectivity index (χ1) is 14.2. The van der Waals surface area contributed by atoms with Crippen LogP contribution in [0.5, 0.6) is 0 Å². The number of anilines is 3. The van der Waals surface area contributed by atoms with Gasteiger partial charge in [-0.25, -0.2) is 13.4 Å². The Morgan fingerprint density at radius 2 is 1.87 bits per heavy atom. The molecule has 3 aromatic rings. The zero-order chi connectivity index (χ0) is 21.9. The molecule has 0 saturated heterocycles. The molecule has 0 fully saturated rings. The van der Waals surface area contributed by atoms with Gasteiger partial charge in [0.1, 0.15) is 11.6 Å². The van der Waals surface area contributed by atoms with Gasteiger partial charge >= 0.3 is 11.9 Å². The smallest absolute Gasteiger partial charge is 0.321 e. The van der Waals surface area contributed by atoms with Crippen molar-refractivity contribution in [1.29, 1.82) is 0 Å². The SMILES string of the molecule is Nc1nc(Nc2ccc(S(=O)(=O)N[C@@H](CCC(=O)O)C(=O)O)cc2)c2[nH]cnc2n1. The number of rotatable bonds is 9. The number of aromatic amines is 1. The molecule has 2 aromatic heterocycles. The number of aliphatic carboxylic acids is 2. The summed E-state index contributed by atoms with van der Waals surface area (Å²) in [4.78, 5) is 36.6. The Kier molecular flexibility index (Phi) is 5.79. The van der Waals surface area contributed by atoms with E-state index < -0.39 is 40.8 Å². The highest BCUT2D eigenvalue weighted by atomic mass is 32.2. The van der Waals surface area contributed by atoms with Gasteiger partial charge in [-0.2, -0.15) is 14.7 Å². The van der Waals surface area contributed by atoms with E-state index in [9.17, 15) is 18.0 Å². The highest BCUT2D eigenvalue weighted by Gasteiger charge is 2.26. The van der Waals surface area contributed by atoms with Crippen LogP contribution in [-0.2, 0) is 19.6 Å². The number of carboxylic acids is 2. The molecule has 13 nitrogen and oxygen atoms in total. The van der Waals surface area contributed by atoms with Crippen molar-refractivity contribution in [3.8, 4) is 0 Å². The number of carboxylic acid groups (broad SMARTS) is 2. The molecular formula is C16H17N7O6S. The quantitative estimate of drug-likeness (QED) is 0.268. The van der Waals surface area contributed by atoms with Crippen molar-refractivity contribution in [2.45, 2.75) is 23.8 Å². The van der Waals surface area contributed by atoms with Crippen molar-refractivity contribution in [3.05, 3.63) is 30.6 Å². The van der Waals surface area contributed by atoms with Gasteiger partial charge in [0.2, 0.25) is 16.0 Å². The van der Waals surface area contributed by atoms with Crippen LogP contribution in [0.3, 0.4) is 0 Å². The molecule has 2 heterocycles. The Morgan fingerprint density at radius 3 is 2.50 bits per heavy atom. The van der Waals surface area contributed by atoms with Gasteiger partial charge in [-0.3, -0.25) is 9.59 Å². The number of aromatic nitrogens is 4. The molecule has 0 aliphatic carbocycles. The fraction of sp³-hybridized carbons (Fsp3) is 0.188. The molecule has 0 bridgehead atoms. The van der Waals surface area contributed by atoms with Crippen molar-refractivity contribution in [2.75, 3.05) is 11.1 Å². The molecule has 0 amide bonds. The minimum absolute atomic E-state index is 0.00145. The number of fused-ring (bicyclic) bond motifs is 1. The normalized spacial score (nSPS) is 12.5. The van der Waals surface area contributed by atoms with Crippen LogP contribution in [0.1, 0.15) is 12.8 Å². The maximum Gasteiger partial charge on any atom is 0.321 e. The summed E-state index contributed by atoms with van der Waals surface area (Å²) in [6.07, 6.45) is 0.542. The second-order valence-corrected chi connectivity index (χ2v) is 7.84. The highest BCUT2D eigenvalue weighted by molar-refractivity contribution is 7.89. The van der Waals surface area contributed by atoms with Gasteiger partial charge in [-0.05, 0) is 30.7 Å².